The molecule has 0 amide bonds. The van der Waals surface area contributed by atoms with E-state index in [-0.39, 0.29) is 17.1 Å². The smallest absolute Gasteiger partial charge is 0.213 e. The fourth-order valence-electron chi connectivity index (χ4n) is 1.60. The van der Waals surface area contributed by atoms with Gasteiger partial charge in [-0.1, -0.05) is 34.6 Å². The third-order valence-electron chi connectivity index (χ3n) is 3.01. The van der Waals surface area contributed by atoms with Gasteiger partial charge in [0.2, 0.25) is 0 Å². The molecule has 0 atom stereocenters. The van der Waals surface area contributed by atoms with Crippen LogP contribution >= 0.6 is 0 Å². The molecule has 0 N–H and O–H groups in total. The molecule has 0 heterocycles. The molecule has 0 aliphatic carbocycles. The summed E-state index contributed by atoms with van der Waals surface area (Å²) in [7, 11) is 0. The minimum atomic E-state index is 0. The SMILES string of the molecule is Cc1c[c-](C)c(C)c1C.Cc1ccc[cH-]1.[Fe+2]. The Morgan fingerprint density at radius 1 is 1.12 bits per heavy atom. The van der Waals surface area contributed by atoms with Gasteiger partial charge in [0.05, 0.1) is 0 Å². The van der Waals surface area contributed by atoms with Crippen molar-refractivity contribution in [3.8, 4) is 0 Å². The van der Waals surface area contributed by atoms with Gasteiger partial charge < -0.3 is 0 Å². The van der Waals surface area contributed by atoms with Crippen molar-refractivity contribution < 1.29 is 17.1 Å². The van der Waals surface area contributed by atoms with Crippen LogP contribution in [-0.4, -0.2) is 0 Å². The van der Waals surface area contributed by atoms with Gasteiger partial charge >= 0.3 is 17.1 Å². The van der Waals surface area contributed by atoms with E-state index in [1.807, 2.05) is 12.1 Å². The van der Waals surface area contributed by atoms with Crippen molar-refractivity contribution >= 4 is 0 Å². The predicted molar refractivity (Wildman–Crippen MR) is 67.8 cm³/mol. The minimum Gasteiger partial charge on any atom is -0.213 e. The first-order chi connectivity index (χ1) is 7.02. The monoisotopic (exact) mass is 256 g/mol. The molecule has 0 aliphatic heterocycles. The maximum absolute atomic E-state index is 2.24. The fourth-order valence-corrected chi connectivity index (χ4v) is 1.60. The molecule has 0 spiro atoms. The molecular formula is C15H20Fe. The van der Waals surface area contributed by atoms with Crippen molar-refractivity contribution in [2.75, 3.05) is 0 Å². The minimum absolute atomic E-state index is 0. The van der Waals surface area contributed by atoms with Crippen LogP contribution in [0, 0.1) is 34.6 Å². The van der Waals surface area contributed by atoms with E-state index >= 15 is 0 Å². The average Bonchev–Trinajstić information content (AvgIpc) is 2.73. The molecule has 0 radical (unpaired) electrons. The molecule has 0 aromatic heterocycles. The van der Waals surface area contributed by atoms with E-state index in [0.717, 1.165) is 0 Å². The molecule has 2 aromatic carbocycles. The molecule has 2 aromatic rings. The summed E-state index contributed by atoms with van der Waals surface area (Å²) in [5.74, 6) is 0. The van der Waals surface area contributed by atoms with E-state index in [0.29, 0.717) is 0 Å². The van der Waals surface area contributed by atoms with E-state index in [2.05, 4.69) is 52.8 Å². The number of hydrogen-bond acceptors (Lipinski definition) is 0. The second-order valence-corrected chi connectivity index (χ2v) is 4.22. The van der Waals surface area contributed by atoms with Crippen LogP contribution in [-0.2, 0) is 17.1 Å². The topological polar surface area (TPSA) is 0 Å². The molecule has 0 fully saturated rings. The van der Waals surface area contributed by atoms with Crippen LogP contribution < -0.4 is 0 Å². The Labute approximate surface area is 110 Å². The van der Waals surface area contributed by atoms with Gasteiger partial charge in [-0.05, 0) is 0 Å². The van der Waals surface area contributed by atoms with Crippen LogP contribution in [0.25, 0.3) is 0 Å². The van der Waals surface area contributed by atoms with Gasteiger partial charge in [0.1, 0.15) is 0 Å². The number of aryl methyl sites for hydroxylation is 3. The Kier molecular flexibility index (Phi) is 6.40. The first-order valence-electron chi connectivity index (χ1n) is 5.40. The molecule has 0 aliphatic rings. The maximum atomic E-state index is 2.24. The molecular weight excluding hydrogens is 236 g/mol. The Balaban J connectivity index is 0.000000283. The van der Waals surface area contributed by atoms with Gasteiger partial charge in [-0.25, -0.2) is 12.1 Å². The summed E-state index contributed by atoms with van der Waals surface area (Å²) in [6.07, 6.45) is 0. The quantitative estimate of drug-likeness (QED) is 0.485. The molecule has 1 heteroatoms. The predicted octanol–water partition coefficient (Wildman–Crippen LogP) is 4.35. The van der Waals surface area contributed by atoms with Crippen LogP contribution in [0.15, 0.2) is 30.3 Å². The Bertz CT molecular complexity index is 382. The third kappa shape index (κ3) is 4.00. The van der Waals surface area contributed by atoms with Gasteiger partial charge in [-0.2, -0.15) is 46.0 Å². The molecule has 88 valence electrons. The van der Waals surface area contributed by atoms with Gasteiger partial charge in [-0.3, -0.25) is 0 Å². The van der Waals surface area contributed by atoms with Crippen LogP contribution in [0.1, 0.15) is 27.8 Å². The zero-order valence-electron chi connectivity index (χ0n) is 10.7. The Morgan fingerprint density at radius 2 is 1.75 bits per heavy atom. The van der Waals surface area contributed by atoms with Crippen LogP contribution in [0.2, 0.25) is 0 Å². The van der Waals surface area contributed by atoms with E-state index in [1.54, 1.807) is 0 Å². The molecule has 2 rings (SSSR count). The van der Waals surface area contributed by atoms with Crippen molar-refractivity contribution in [1.82, 2.24) is 0 Å². The zero-order valence-corrected chi connectivity index (χ0v) is 11.8. The van der Waals surface area contributed by atoms with Gasteiger partial charge in [0, 0.05) is 0 Å². The fraction of sp³-hybridized carbons (Fsp3) is 0.333. The van der Waals surface area contributed by atoms with Crippen molar-refractivity contribution in [2.24, 2.45) is 0 Å². The summed E-state index contributed by atoms with van der Waals surface area (Å²) in [4.78, 5) is 0. The van der Waals surface area contributed by atoms with Crippen molar-refractivity contribution in [2.45, 2.75) is 34.6 Å². The first-order valence-corrected chi connectivity index (χ1v) is 5.40. The summed E-state index contributed by atoms with van der Waals surface area (Å²) in [6, 6.07) is 10.5. The Hall–Kier alpha value is -0.781. The second-order valence-electron chi connectivity index (χ2n) is 4.22. The summed E-state index contributed by atoms with van der Waals surface area (Å²) in [5.41, 5.74) is 7.09. The van der Waals surface area contributed by atoms with Crippen molar-refractivity contribution in [1.29, 1.82) is 0 Å². The summed E-state index contributed by atoms with van der Waals surface area (Å²) in [5, 5.41) is 0. The average molecular weight is 256 g/mol. The molecule has 0 bridgehead atoms. The van der Waals surface area contributed by atoms with E-state index < -0.39 is 0 Å². The first kappa shape index (κ1) is 15.2. The van der Waals surface area contributed by atoms with Crippen LogP contribution in [0.4, 0.5) is 0 Å². The van der Waals surface area contributed by atoms with Gasteiger partial charge in [0.15, 0.2) is 0 Å². The standard InChI is InChI=1S/C9H13.C6H7.Fe/c1-6-5-7(2)9(4)8(6)3;1-6-4-2-3-5-6;/h5H,1-4H3;2-5H,1H3;/q2*-1;+2. The second kappa shape index (κ2) is 6.73. The third-order valence-corrected chi connectivity index (χ3v) is 3.01. The summed E-state index contributed by atoms with van der Waals surface area (Å²) in [6.45, 7) is 10.8. The van der Waals surface area contributed by atoms with Gasteiger partial charge in [0.25, 0.3) is 0 Å². The maximum Gasteiger partial charge on any atom is 2.00 e. The Morgan fingerprint density at radius 3 is 1.88 bits per heavy atom. The van der Waals surface area contributed by atoms with E-state index in [1.165, 1.54) is 27.8 Å². The van der Waals surface area contributed by atoms with Crippen LogP contribution in [0.5, 0.6) is 0 Å². The molecule has 0 nitrogen and oxygen atoms in total. The van der Waals surface area contributed by atoms with Crippen LogP contribution in [0.3, 0.4) is 0 Å². The molecule has 0 unspecified atom stereocenters. The normalized spacial score (nSPS) is 9.06. The molecule has 16 heavy (non-hydrogen) atoms. The van der Waals surface area contributed by atoms with Crippen molar-refractivity contribution in [3.63, 3.8) is 0 Å². The van der Waals surface area contributed by atoms with Crippen molar-refractivity contribution in [3.05, 3.63) is 58.1 Å². The molecule has 0 saturated heterocycles. The summed E-state index contributed by atoms with van der Waals surface area (Å²) < 4.78 is 0. The zero-order chi connectivity index (χ0) is 11.4. The molecule has 0 saturated carbocycles. The number of hydrogen-bond donors (Lipinski definition) is 0. The van der Waals surface area contributed by atoms with Gasteiger partial charge in [-0.15, -0.1) is 0 Å². The largest absolute Gasteiger partial charge is 2.00 e. The number of rotatable bonds is 0. The summed E-state index contributed by atoms with van der Waals surface area (Å²) >= 11 is 0. The van der Waals surface area contributed by atoms with E-state index in [9.17, 15) is 0 Å². The van der Waals surface area contributed by atoms with E-state index in [4.69, 9.17) is 0 Å².